The molecule has 0 aliphatic heterocycles. The molecule has 0 fully saturated rings. The van der Waals surface area contributed by atoms with Crippen LogP contribution in [0.1, 0.15) is 24.8 Å². The van der Waals surface area contributed by atoms with Gasteiger partial charge in [0.15, 0.2) is 0 Å². The maximum Gasteiger partial charge on any atom is 0.0270 e. The van der Waals surface area contributed by atoms with Crippen molar-refractivity contribution in [1.29, 1.82) is 0 Å². The Hall–Kier alpha value is -1.15. The minimum Gasteiger partial charge on any atom is -0.313 e. The second-order valence-electron chi connectivity index (χ2n) is 4.04. The number of allylic oxidation sites excluding steroid dienone is 1. The molecule has 0 saturated carbocycles. The van der Waals surface area contributed by atoms with Gasteiger partial charge in [-0.2, -0.15) is 0 Å². The number of nitrogens with one attached hydrogen (secondary N) is 1. The van der Waals surface area contributed by atoms with Gasteiger partial charge in [-0.3, -0.25) is 4.98 Å². The predicted molar refractivity (Wildman–Crippen MR) is 62.7 cm³/mol. The van der Waals surface area contributed by atoms with Gasteiger partial charge in [0.2, 0.25) is 0 Å². The van der Waals surface area contributed by atoms with Gasteiger partial charge in [0.05, 0.1) is 0 Å². The molecule has 15 heavy (non-hydrogen) atoms. The van der Waals surface area contributed by atoms with Gasteiger partial charge in [-0.15, -0.1) is 0 Å². The summed E-state index contributed by atoms with van der Waals surface area (Å²) in [4.78, 5) is 4.01. The molecular formula is C13H18N2. The highest BCUT2D eigenvalue weighted by Gasteiger charge is 2.07. The summed E-state index contributed by atoms with van der Waals surface area (Å²) in [7, 11) is 0. The van der Waals surface area contributed by atoms with Crippen LogP contribution >= 0.6 is 0 Å². The van der Waals surface area contributed by atoms with Gasteiger partial charge < -0.3 is 5.32 Å². The Balaban J connectivity index is 1.68. The summed E-state index contributed by atoms with van der Waals surface area (Å²) in [6.45, 7) is 1.07. The van der Waals surface area contributed by atoms with Crippen molar-refractivity contribution in [2.45, 2.75) is 31.7 Å². The van der Waals surface area contributed by atoms with E-state index in [4.69, 9.17) is 0 Å². The lowest BCUT2D eigenvalue weighted by molar-refractivity contribution is 0.478. The van der Waals surface area contributed by atoms with E-state index in [1.807, 2.05) is 12.4 Å². The largest absolute Gasteiger partial charge is 0.313 e. The van der Waals surface area contributed by atoms with Crippen LogP contribution in [0.4, 0.5) is 0 Å². The SMILES string of the molecule is C1=CCC(NCCc2ccncc2)CC1. The first kappa shape index (κ1) is 10.4. The lowest BCUT2D eigenvalue weighted by Crippen LogP contribution is -2.31. The second kappa shape index (κ2) is 5.66. The van der Waals surface area contributed by atoms with Gasteiger partial charge in [0, 0.05) is 18.4 Å². The normalized spacial score (nSPS) is 20.4. The zero-order valence-corrected chi connectivity index (χ0v) is 9.02. The number of aromatic nitrogens is 1. The number of pyridine rings is 1. The predicted octanol–water partition coefficient (Wildman–Crippen LogP) is 2.32. The lowest BCUT2D eigenvalue weighted by atomic mass is 10.0. The van der Waals surface area contributed by atoms with Gasteiger partial charge >= 0.3 is 0 Å². The molecule has 1 aliphatic rings. The van der Waals surface area contributed by atoms with Crippen LogP contribution in [-0.4, -0.2) is 17.6 Å². The number of nitrogens with zero attached hydrogens (tertiary/aromatic N) is 1. The van der Waals surface area contributed by atoms with E-state index in [-0.39, 0.29) is 0 Å². The van der Waals surface area contributed by atoms with Crippen molar-refractivity contribution in [3.8, 4) is 0 Å². The summed E-state index contributed by atoms with van der Waals surface area (Å²) in [6, 6.07) is 4.86. The van der Waals surface area contributed by atoms with Crippen molar-refractivity contribution in [2.75, 3.05) is 6.54 Å². The summed E-state index contributed by atoms with van der Waals surface area (Å²) in [5.74, 6) is 0. The summed E-state index contributed by atoms with van der Waals surface area (Å²) >= 11 is 0. The minimum absolute atomic E-state index is 0.692. The highest BCUT2D eigenvalue weighted by Crippen LogP contribution is 2.10. The molecule has 0 bridgehead atoms. The van der Waals surface area contributed by atoms with E-state index in [2.05, 4.69) is 34.6 Å². The van der Waals surface area contributed by atoms with E-state index >= 15 is 0 Å². The van der Waals surface area contributed by atoms with E-state index in [9.17, 15) is 0 Å². The molecule has 80 valence electrons. The van der Waals surface area contributed by atoms with Crippen molar-refractivity contribution < 1.29 is 0 Å². The first-order valence-corrected chi connectivity index (χ1v) is 5.72. The highest BCUT2D eigenvalue weighted by atomic mass is 14.9. The molecular weight excluding hydrogens is 184 g/mol. The highest BCUT2D eigenvalue weighted by molar-refractivity contribution is 5.09. The van der Waals surface area contributed by atoms with Crippen LogP contribution in [-0.2, 0) is 6.42 Å². The standard InChI is InChI=1S/C13H18N2/c1-2-4-13(5-3-1)15-11-8-12-6-9-14-10-7-12/h1-2,6-7,9-10,13,15H,3-5,8,11H2. The fourth-order valence-corrected chi connectivity index (χ4v) is 1.95. The molecule has 2 rings (SSSR count). The molecule has 1 aliphatic carbocycles. The first-order chi connectivity index (χ1) is 7.45. The fourth-order valence-electron chi connectivity index (χ4n) is 1.95. The molecule has 1 atom stereocenters. The van der Waals surface area contributed by atoms with Crippen LogP contribution in [0.15, 0.2) is 36.7 Å². The van der Waals surface area contributed by atoms with E-state index in [1.54, 1.807) is 0 Å². The average molecular weight is 202 g/mol. The van der Waals surface area contributed by atoms with Gasteiger partial charge in [0.25, 0.3) is 0 Å². The zero-order valence-electron chi connectivity index (χ0n) is 9.02. The molecule has 1 aromatic rings. The summed E-state index contributed by atoms with van der Waals surface area (Å²) in [6.07, 6.45) is 13.1. The molecule has 1 aromatic heterocycles. The molecule has 0 spiro atoms. The van der Waals surface area contributed by atoms with E-state index < -0.39 is 0 Å². The van der Waals surface area contributed by atoms with Crippen molar-refractivity contribution in [2.24, 2.45) is 0 Å². The Bertz CT molecular complexity index is 306. The van der Waals surface area contributed by atoms with Crippen molar-refractivity contribution >= 4 is 0 Å². The number of hydrogen-bond donors (Lipinski definition) is 1. The molecule has 0 saturated heterocycles. The minimum atomic E-state index is 0.692. The van der Waals surface area contributed by atoms with Crippen LogP contribution in [0.25, 0.3) is 0 Å². The monoisotopic (exact) mass is 202 g/mol. The fraction of sp³-hybridized carbons (Fsp3) is 0.462. The van der Waals surface area contributed by atoms with Gasteiger partial charge in [-0.25, -0.2) is 0 Å². The Morgan fingerprint density at radius 3 is 2.87 bits per heavy atom. The topological polar surface area (TPSA) is 24.9 Å². The van der Waals surface area contributed by atoms with Crippen LogP contribution < -0.4 is 5.32 Å². The smallest absolute Gasteiger partial charge is 0.0270 e. The average Bonchev–Trinajstić information content (AvgIpc) is 2.32. The van der Waals surface area contributed by atoms with Crippen LogP contribution in [0.2, 0.25) is 0 Å². The Morgan fingerprint density at radius 1 is 1.27 bits per heavy atom. The Morgan fingerprint density at radius 2 is 2.13 bits per heavy atom. The number of hydrogen-bond acceptors (Lipinski definition) is 2. The van der Waals surface area contributed by atoms with E-state index in [0.717, 1.165) is 13.0 Å². The molecule has 1 N–H and O–H groups in total. The van der Waals surface area contributed by atoms with Gasteiger partial charge in [0.1, 0.15) is 0 Å². The van der Waals surface area contributed by atoms with Crippen molar-refractivity contribution in [3.05, 3.63) is 42.2 Å². The van der Waals surface area contributed by atoms with Crippen LogP contribution in [0.3, 0.4) is 0 Å². The maximum absolute atomic E-state index is 4.01. The van der Waals surface area contributed by atoms with Gasteiger partial charge in [-0.1, -0.05) is 12.2 Å². The third kappa shape index (κ3) is 3.48. The van der Waals surface area contributed by atoms with E-state index in [0.29, 0.717) is 6.04 Å². The molecule has 2 nitrogen and oxygen atoms in total. The molecule has 2 heteroatoms. The number of rotatable bonds is 4. The second-order valence-corrected chi connectivity index (χ2v) is 4.04. The Kier molecular flexibility index (Phi) is 3.92. The van der Waals surface area contributed by atoms with Crippen LogP contribution in [0.5, 0.6) is 0 Å². The zero-order chi connectivity index (χ0) is 10.3. The Labute approximate surface area is 91.4 Å². The summed E-state index contributed by atoms with van der Waals surface area (Å²) in [5.41, 5.74) is 1.36. The van der Waals surface area contributed by atoms with Crippen molar-refractivity contribution in [1.82, 2.24) is 10.3 Å². The summed E-state index contributed by atoms with van der Waals surface area (Å²) in [5, 5.41) is 3.60. The lowest BCUT2D eigenvalue weighted by Gasteiger charge is -2.19. The molecule has 0 amide bonds. The van der Waals surface area contributed by atoms with E-state index in [1.165, 1.54) is 24.8 Å². The molecule has 0 aromatic carbocycles. The van der Waals surface area contributed by atoms with Gasteiger partial charge in [-0.05, 0) is 49.9 Å². The maximum atomic E-state index is 4.01. The first-order valence-electron chi connectivity index (χ1n) is 5.72. The van der Waals surface area contributed by atoms with Crippen molar-refractivity contribution in [3.63, 3.8) is 0 Å². The summed E-state index contributed by atoms with van der Waals surface area (Å²) < 4.78 is 0. The molecule has 1 unspecified atom stereocenters. The molecule has 0 radical (unpaired) electrons. The third-order valence-corrected chi connectivity index (χ3v) is 2.87. The molecule has 1 heterocycles. The third-order valence-electron chi connectivity index (χ3n) is 2.87. The quantitative estimate of drug-likeness (QED) is 0.758. The van der Waals surface area contributed by atoms with Crippen LogP contribution in [0, 0.1) is 0 Å².